The van der Waals surface area contributed by atoms with Gasteiger partial charge in [-0.25, -0.2) is 0 Å². The molecule has 0 radical (unpaired) electrons. The van der Waals surface area contributed by atoms with Crippen LogP contribution in [0.4, 0.5) is 0 Å². The Morgan fingerprint density at radius 3 is 2.67 bits per heavy atom. The molecule has 0 heterocycles. The molecule has 0 fully saturated rings. The van der Waals surface area contributed by atoms with Gasteiger partial charge in [0.2, 0.25) is 11.8 Å². The van der Waals surface area contributed by atoms with Gasteiger partial charge in [0.1, 0.15) is 5.60 Å². The lowest BCUT2D eigenvalue weighted by Gasteiger charge is -2.25. The van der Waals surface area contributed by atoms with Crippen LogP contribution < -0.4 is 16.5 Å². The molecule has 0 aliphatic heterocycles. The molecule has 0 aromatic rings. The predicted octanol–water partition coefficient (Wildman–Crippen LogP) is 2.86. The van der Waals surface area contributed by atoms with Crippen molar-refractivity contribution in [3.63, 3.8) is 0 Å². The first-order chi connectivity index (χ1) is 15.6. The predicted molar refractivity (Wildman–Crippen MR) is 127 cm³/mol. The van der Waals surface area contributed by atoms with Crippen molar-refractivity contribution in [3.05, 3.63) is 58.5 Å². The zero-order valence-electron chi connectivity index (χ0n) is 19.4. The lowest BCUT2D eigenvalue weighted by Crippen LogP contribution is -2.47. The number of rotatable bonds is 10. The summed E-state index contributed by atoms with van der Waals surface area (Å²) in [5.41, 5.74) is 1.59. The van der Waals surface area contributed by atoms with Crippen molar-refractivity contribution < 1.29 is 24.3 Å². The second-order valence-corrected chi connectivity index (χ2v) is 9.40. The summed E-state index contributed by atoms with van der Waals surface area (Å²) in [5.74, 6) is 4.26. The Balaban J connectivity index is 2.04. The van der Waals surface area contributed by atoms with E-state index in [0.29, 0.717) is 6.42 Å². The minimum absolute atomic E-state index is 0.0687. The largest absolute Gasteiger partial charge is 0.459 e. The normalized spacial score (nSPS) is 19.8. The number of carbonyl (C=O) groups is 2. The quantitative estimate of drug-likeness (QED) is 0.216. The van der Waals surface area contributed by atoms with Gasteiger partial charge in [-0.3, -0.25) is 20.2 Å². The number of hydrogen-bond donors (Lipinski definition) is 4. The first-order valence-corrected chi connectivity index (χ1v) is 11.4. The van der Waals surface area contributed by atoms with Gasteiger partial charge in [-0.1, -0.05) is 35.9 Å². The number of aliphatic hydroxyl groups is 1. The van der Waals surface area contributed by atoms with Crippen molar-refractivity contribution in [1.82, 2.24) is 10.6 Å². The summed E-state index contributed by atoms with van der Waals surface area (Å²) in [4.78, 5) is 29.6. The van der Waals surface area contributed by atoms with E-state index in [2.05, 4.69) is 33.7 Å². The third kappa shape index (κ3) is 9.55. The Kier molecular flexibility index (Phi) is 10.4. The molecule has 2 atom stereocenters. The van der Waals surface area contributed by atoms with Gasteiger partial charge < -0.3 is 14.7 Å². The number of ether oxygens (including phenoxy) is 1. The summed E-state index contributed by atoms with van der Waals surface area (Å²) in [6, 6.07) is -0.720. The summed E-state index contributed by atoms with van der Waals surface area (Å²) in [5, 5.41) is 15.4. The molecule has 33 heavy (non-hydrogen) atoms. The highest BCUT2D eigenvalue weighted by molar-refractivity contribution is 6.29. The van der Waals surface area contributed by atoms with Crippen molar-refractivity contribution in [1.29, 1.82) is 0 Å². The van der Waals surface area contributed by atoms with E-state index in [9.17, 15) is 9.59 Å². The molecule has 0 bridgehead atoms. The molecule has 9 heteroatoms. The van der Waals surface area contributed by atoms with E-state index in [0.717, 1.165) is 35.4 Å². The van der Waals surface area contributed by atoms with Gasteiger partial charge in [0.05, 0.1) is 19.2 Å². The summed E-state index contributed by atoms with van der Waals surface area (Å²) >= 11 is 6.18. The van der Waals surface area contributed by atoms with Crippen molar-refractivity contribution in [2.24, 2.45) is 11.8 Å². The van der Waals surface area contributed by atoms with Crippen LogP contribution >= 0.6 is 11.6 Å². The molecule has 0 aromatic heterocycles. The van der Waals surface area contributed by atoms with Crippen LogP contribution in [-0.2, 0) is 19.2 Å². The second-order valence-electron chi connectivity index (χ2n) is 8.92. The number of aliphatic hydroxyl groups excluding tert-OH is 1. The lowest BCUT2D eigenvalue weighted by molar-refractivity contribution is -0.153. The lowest BCUT2D eigenvalue weighted by atomic mass is 9.87. The molecular formula is C24H34ClN3O5. The Hall–Kier alpha value is -2.39. The minimum Gasteiger partial charge on any atom is -0.459 e. The fraction of sp³-hybridized carbons (Fsp3) is 0.500. The van der Waals surface area contributed by atoms with Gasteiger partial charge in [-0.05, 0) is 69.6 Å². The molecule has 0 spiro atoms. The molecule has 8 nitrogen and oxygen atoms in total. The summed E-state index contributed by atoms with van der Waals surface area (Å²) < 4.78 is 5.32. The molecule has 0 aromatic carbocycles. The number of hydrogen-bond acceptors (Lipinski definition) is 7. The third-order valence-corrected chi connectivity index (χ3v) is 5.30. The molecule has 0 saturated carbocycles. The van der Waals surface area contributed by atoms with Crippen LogP contribution in [0.25, 0.3) is 0 Å². The fourth-order valence-electron chi connectivity index (χ4n) is 3.51. The molecule has 5 N–H and O–H groups in total. The number of halogens is 1. The van der Waals surface area contributed by atoms with E-state index < -0.39 is 23.5 Å². The highest BCUT2D eigenvalue weighted by atomic mass is 35.5. The molecule has 2 rings (SSSR count). The van der Waals surface area contributed by atoms with Gasteiger partial charge >= 0.3 is 5.97 Å². The molecule has 0 saturated heterocycles. The van der Waals surface area contributed by atoms with Gasteiger partial charge in [0.15, 0.2) is 0 Å². The summed E-state index contributed by atoms with van der Waals surface area (Å²) in [6.07, 6.45) is 14.6. The maximum Gasteiger partial charge on any atom is 0.320 e. The number of nitrogens with one attached hydrogen (secondary N) is 2. The van der Waals surface area contributed by atoms with Gasteiger partial charge in [-0.2, -0.15) is 5.90 Å². The van der Waals surface area contributed by atoms with Crippen molar-refractivity contribution >= 4 is 23.5 Å². The van der Waals surface area contributed by atoms with Gasteiger partial charge in [0, 0.05) is 11.1 Å². The SMILES string of the molecule is CC(C)(C)OC(=O)CNC(CC1C=CC(C2=CCCC(Cl)=C2)=CC1)C(=O)NC(=CCO)ON. The summed E-state index contributed by atoms with van der Waals surface area (Å²) in [7, 11) is 0. The van der Waals surface area contributed by atoms with E-state index in [-0.39, 0.29) is 25.0 Å². The van der Waals surface area contributed by atoms with E-state index >= 15 is 0 Å². The van der Waals surface area contributed by atoms with E-state index in [4.69, 9.17) is 27.3 Å². The number of nitrogens with two attached hydrogens (primary N) is 1. The average molecular weight is 480 g/mol. The monoisotopic (exact) mass is 479 g/mol. The van der Waals surface area contributed by atoms with Gasteiger partial charge in [0.25, 0.3) is 0 Å². The molecule has 2 aliphatic rings. The zero-order valence-corrected chi connectivity index (χ0v) is 20.2. The molecule has 2 unspecified atom stereocenters. The highest BCUT2D eigenvalue weighted by Gasteiger charge is 2.26. The molecule has 2 aliphatic carbocycles. The number of carbonyl (C=O) groups excluding carboxylic acids is 2. The Bertz CT molecular complexity index is 868. The van der Waals surface area contributed by atoms with Crippen molar-refractivity contribution in [2.45, 2.75) is 58.1 Å². The number of esters is 1. The minimum atomic E-state index is -0.720. The zero-order chi connectivity index (χ0) is 24.4. The molecular weight excluding hydrogens is 446 g/mol. The number of amides is 1. The Morgan fingerprint density at radius 2 is 2.09 bits per heavy atom. The number of allylic oxidation sites excluding steroid dienone is 8. The maximum absolute atomic E-state index is 12.9. The van der Waals surface area contributed by atoms with Crippen molar-refractivity contribution in [2.75, 3.05) is 13.2 Å². The second kappa shape index (κ2) is 12.7. The van der Waals surface area contributed by atoms with E-state index in [1.54, 1.807) is 20.8 Å². The Morgan fingerprint density at radius 1 is 1.33 bits per heavy atom. The molecule has 182 valence electrons. The summed E-state index contributed by atoms with van der Waals surface area (Å²) in [6.45, 7) is 4.85. The van der Waals surface area contributed by atoms with Crippen LogP contribution in [0, 0.1) is 5.92 Å². The smallest absolute Gasteiger partial charge is 0.320 e. The first kappa shape index (κ1) is 26.9. The highest BCUT2D eigenvalue weighted by Crippen LogP contribution is 2.30. The first-order valence-electron chi connectivity index (χ1n) is 11.0. The third-order valence-electron chi connectivity index (χ3n) is 5.00. The van der Waals surface area contributed by atoms with Crippen LogP contribution in [-0.4, -0.2) is 41.8 Å². The standard InChI is InChI=1S/C24H34ClN3O5/c1-24(2,3)32-22(30)15-27-20(23(31)28-21(33-26)11-12-29)13-16-7-9-17(10-8-16)18-5-4-6-19(25)14-18/h5,7,9-11,14,16,20,27,29H,4,6,8,12-13,15,26H2,1-3H3,(H,28,31). The van der Waals surface area contributed by atoms with Crippen LogP contribution in [0.3, 0.4) is 0 Å². The van der Waals surface area contributed by atoms with Crippen LogP contribution in [0.15, 0.2) is 58.5 Å². The maximum atomic E-state index is 12.9. The van der Waals surface area contributed by atoms with Crippen molar-refractivity contribution in [3.8, 4) is 0 Å². The average Bonchev–Trinajstić information content (AvgIpc) is 2.75. The fourth-order valence-corrected chi connectivity index (χ4v) is 3.74. The van der Waals surface area contributed by atoms with Crippen LogP contribution in [0.1, 0.15) is 46.5 Å². The van der Waals surface area contributed by atoms with E-state index in [1.807, 2.05) is 12.2 Å². The molecule has 1 amide bonds. The van der Waals surface area contributed by atoms with Gasteiger partial charge in [-0.15, -0.1) is 0 Å². The Labute approximate surface area is 200 Å². The van der Waals surface area contributed by atoms with Crippen LogP contribution in [0.2, 0.25) is 0 Å². The topological polar surface area (TPSA) is 123 Å². The van der Waals surface area contributed by atoms with E-state index in [1.165, 1.54) is 6.08 Å². The van der Waals surface area contributed by atoms with Crippen LogP contribution in [0.5, 0.6) is 0 Å².